The highest BCUT2D eigenvalue weighted by Crippen LogP contribution is 2.27. The van der Waals surface area contributed by atoms with Crippen molar-refractivity contribution in [3.05, 3.63) is 23.2 Å². The Labute approximate surface area is 142 Å². The summed E-state index contributed by atoms with van der Waals surface area (Å²) in [6.45, 7) is 0.288. The van der Waals surface area contributed by atoms with Crippen LogP contribution in [-0.2, 0) is 0 Å². The van der Waals surface area contributed by atoms with E-state index in [2.05, 4.69) is 15.6 Å². The van der Waals surface area contributed by atoms with E-state index < -0.39 is 0 Å². The summed E-state index contributed by atoms with van der Waals surface area (Å²) >= 11 is 6.06. The molecule has 2 rings (SSSR count). The number of anilines is 1. The van der Waals surface area contributed by atoms with Gasteiger partial charge >= 0.3 is 0 Å². The van der Waals surface area contributed by atoms with E-state index in [1.165, 1.54) is 0 Å². The second-order valence-corrected chi connectivity index (χ2v) is 6.06. The smallest absolute Gasteiger partial charge is 0.196 e. The third-order valence-corrected chi connectivity index (χ3v) is 4.16. The number of benzene rings is 1. The van der Waals surface area contributed by atoms with Crippen LogP contribution in [0.15, 0.2) is 23.2 Å². The quantitative estimate of drug-likeness (QED) is 0.486. The number of aliphatic hydroxyl groups excluding tert-OH is 1. The number of aliphatic imine (C=N–C) groups is 1. The third-order valence-electron chi connectivity index (χ3n) is 3.93. The number of ether oxygens (including phenoxy) is 1. The van der Waals surface area contributed by atoms with Crippen molar-refractivity contribution in [1.29, 1.82) is 0 Å². The molecule has 1 fully saturated rings. The Bertz CT molecular complexity index is 539. The molecule has 128 valence electrons. The number of hydrogen-bond donors (Lipinski definition) is 4. The number of nitrogens with two attached hydrogens (primary N) is 1. The molecular formula is C16H25ClN4O2. The van der Waals surface area contributed by atoms with Crippen molar-refractivity contribution >= 4 is 23.2 Å². The van der Waals surface area contributed by atoms with Crippen molar-refractivity contribution in [3.8, 4) is 5.75 Å². The summed E-state index contributed by atoms with van der Waals surface area (Å²) in [6.07, 6.45) is 4.33. The van der Waals surface area contributed by atoms with Gasteiger partial charge in [-0.05, 0) is 31.0 Å². The first-order valence-corrected chi connectivity index (χ1v) is 8.30. The number of nitrogens with zero attached hydrogens (tertiary/aromatic N) is 1. The normalized spacial score (nSPS) is 21.8. The molecule has 1 aromatic carbocycles. The topological polar surface area (TPSA) is 91.9 Å². The van der Waals surface area contributed by atoms with Crippen LogP contribution in [-0.4, -0.2) is 43.4 Å². The van der Waals surface area contributed by atoms with Crippen molar-refractivity contribution < 1.29 is 9.84 Å². The highest BCUT2D eigenvalue weighted by molar-refractivity contribution is 6.31. The van der Waals surface area contributed by atoms with Crippen LogP contribution in [0.25, 0.3) is 0 Å². The minimum absolute atomic E-state index is 0.0176. The maximum Gasteiger partial charge on any atom is 0.196 e. The van der Waals surface area contributed by atoms with Gasteiger partial charge in [0.05, 0.1) is 25.9 Å². The minimum Gasteiger partial charge on any atom is -0.495 e. The van der Waals surface area contributed by atoms with Gasteiger partial charge in [-0.3, -0.25) is 4.99 Å². The lowest BCUT2D eigenvalue weighted by molar-refractivity contribution is 0.306. The Morgan fingerprint density at radius 1 is 1.43 bits per heavy atom. The molecule has 0 aromatic heterocycles. The van der Waals surface area contributed by atoms with E-state index in [0.29, 0.717) is 29.0 Å². The van der Waals surface area contributed by atoms with Crippen LogP contribution < -0.4 is 21.1 Å². The van der Waals surface area contributed by atoms with Crippen LogP contribution in [0.3, 0.4) is 0 Å². The number of methoxy groups -OCH3 is 1. The van der Waals surface area contributed by atoms with Gasteiger partial charge in [-0.25, -0.2) is 0 Å². The van der Waals surface area contributed by atoms with E-state index in [9.17, 15) is 0 Å². The SMILES string of the molecule is COc1ccc(Cl)cc1NC(=NCCO)N[C@H]1CCCC[C@@H]1N. The highest BCUT2D eigenvalue weighted by atomic mass is 35.5. The average Bonchev–Trinajstić information content (AvgIpc) is 2.55. The monoisotopic (exact) mass is 340 g/mol. The number of rotatable bonds is 5. The van der Waals surface area contributed by atoms with Crippen LogP contribution in [0, 0.1) is 0 Å². The lowest BCUT2D eigenvalue weighted by atomic mass is 9.91. The van der Waals surface area contributed by atoms with E-state index in [0.717, 1.165) is 25.7 Å². The number of hydrogen-bond acceptors (Lipinski definition) is 4. The molecule has 1 aliphatic carbocycles. The maximum atomic E-state index is 9.05. The molecule has 1 aromatic rings. The summed E-state index contributed by atoms with van der Waals surface area (Å²) in [5.41, 5.74) is 6.91. The average molecular weight is 341 g/mol. The zero-order chi connectivity index (χ0) is 16.7. The second kappa shape index (κ2) is 8.96. The molecule has 0 aliphatic heterocycles. The summed E-state index contributed by atoms with van der Waals surface area (Å²) in [6, 6.07) is 5.60. The van der Waals surface area contributed by atoms with Crippen molar-refractivity contribution in [2.24, 2.45) is 10.7 Å². The van der Waals surface area contributed by atoms with Crippen LogP contribution in [0.2, 0.25) is 5.02 Å². The molecule has 1 saturated carbocycles. The van der Waals surface area contributed by atoms with E-state index in [1.54, 1.807) is 25.3 Å². The lowest BCUT2D eigenvalue weighted by Crippen LogP contribution is -2.51. The zero-order valence-corrected chi connectivity index (χ0v) is 14.1. The fraction of sp³-hybridized carbons (Fsp3) is 0.562. The predicted molar refractivity (Wildman–Crippen MR) is 94.4 cm³/mol. The number of halogens is 1. The molecule has 7 heteroatoms. The molecule has 0 unspecified atom stereocenters. The Hall–Kier alpha value is -1.50. The zero-order valence-electron chi connectivity index (χ0n) is 13.4. The molecule has 0 saturated heterocycles. The van der Waals surface area contributed by atoms with Crippen LogP contribution in [0.1, 0.15) is 25.7 Å². The van der Waals surface area contributed by atoms with Crippen molar-refractivity contribution in [2.45, 2.75) is 37.8 Å². The summed E-state index contributed by atoms with van der Waals surface area (Å²) in [5.74, 6) is 1.24. The number of nitrogens with one attached hydrogen (secondary N) is 2. The molecular weight excluding hydrogens is 316 g/mol. The Morgan fingerprint density at radius 2 is 2.22 bits per heavy atom. The maximum absolute atomic E-state index is 9.05. The first kappa shape index (κ1) is 17.8. The Kier molecular flexibility index (Phi) is 6.95. The number of guanidine groups is 1. The summed E-state index contributed by atoms with van der Waals surface area (Å²) in [7, 11) is 1.60. The van der Waals surface area contributed by atoms with Gasteiger partial charge in [0.2, 0.25) is 0 Å². The molecule has 0 spiro atoms. The van der Waals surface area contributed by atoms with Gasteiger partial charge in [-0.1, -0.05) is 24.4 Å². The fourth-order valence-electron chi connectivity index (χ4n) is 2.70. The van der Waals surface area contributed by atoms with Gasteiger partial charge in [0.25, 0.3) is 0 Å². The molecule has 0 heterocycles. The highest BCUT2D eigenvalue weighted by Gasteiger charge is 2.23. The van der Waals surface area contributed by atoms with E-state index >= 15 is 0 Å². The van der Waals surface area contributed by atoms with Crippen molar-refractivity contribution in [3.63, 3.8) is 0 Å². The van der Waals surface area contributed by atoms with Gasteiger partial charge < -0.3 is 26.2 Å². The molecule has 0 amide bonds. The van der Waals surface area contributed by atoms with Crippen molar-refractivity contribution in [1.82, 2.24) is 5.32 Å². The Morgan fingerprint density at radius 3 is 2.91 bits per heavy atom. The first-order valence-electron chi connectivity index (χ1n) is 7.92. The molecule has 0 radical (unpaired) electrons. The Balaban J connectivity index is 2.14. The second-order valence-electron chi connectivity index (χ2n) is 5.62. The van der Waals surface area contributed by atoms with Gasteiger partial charge in [-0.15, -0.1) is 0 Å². The molecule has 6 nitrogen and oxygen atoms in total. The third kappa shape index (κ3) is 5.27. The van der Waals surface area contributed by atoms with Crippen molar-refractivity contribution in [2.75, 3.05) is 25.6 Å². The van der Waals surface area contributed by atoms with E-state index in [4.69, 9.17) is 27.2 Å². The van der Waals surface area contributed by atoms with Crippen LogP contribution in [0.4, 0.5) is 5.69 Å². The van der Waals surface area contributed by atoms with Gasteiger partial charge in [0.15, 0.2) is 5.96 Å². The largest absolute Gasteiger partial charge is 0.495 e. The molecule has 2 atom stereocenters. The molecule has 1 aliphatic rings. The van der Waals surface area contributed by atoms with Crippen LogP contribution >= 0.6 is 11.6 Å². The van der Waals surface area contributed by atoms with Crippen LogP contribution in [0.5, 0.6) is 5.75 Å². The fourth-order valence-corrected chi connectivity index (χ4v) is 2.87. The van der Waals surface area contributed by atoms with Gasteiger partial charge in [0.1, 0.15) is 5.75 Å². The van der Waals surface area contributed by atoms with E-state index in [1.807, 2.05) is 0 Å². The molecule has 0 bridgehead atoms. The van der Waals surface area contributed by atoms with E-state index in [-0.39, 0.29) is 18.7 Å². The standard InChI is InChI=1S/C16H25ClN4O2/c1-23-15-7-6-11(17)10-14(15)21-16(19-8-9-22)20-13-5-3-2-4-12(13)18/h6-7,10,12-13,22H,2-5,8-9,18H2,1H3,(H2,19,20,21)/t12-,13-/m0/s1. The lowest BCUT2D eigenvalue weighted by Gasteiger charge is -2.30. The summed E-state index contributed by atoms with van der Waals surface area (Å²) < 4.78 is 5.34. The molecule has 23 heavy (non-hydrogen) atoms. The summed E-state index contributed by atoms with van der Waals surface area (Å²) in [5, 5.41) is 16.2. The molecule has 5 N–H and O–H groups in total. The first-order chi connectivity index (χ1) is 11.1. The van der Waals surface area contributed by atoms with Gasteiger partial charge in [0, 0.05) is 17.1 Å². The van der Waals surface area contributed by atoms with Gasteiger partial charge in [-0.2, -0.15) is 0 Å². The minimum atomic E-state index is -0.0176. The number of aliphatic hydroxyl groups is 1. The predicted octanol–water partition coefficient (Wildman–Crippen LogP) is 1.97. The summed E-state index contributed by atoms with van der Waals surface area (Å²) in [4.78, 5) is 4.36.